The molecule has 0 N–H and O–H groups in total. The second-order valence-electron chi connectivity index (χ2n) is 10.4. The predicted molar refractivity (Wildman–Crippen MR) is 114 cm³/mol. The van der Waals surface area contributed by atoms with Crippen molar-refractivity contribution in [3.63, 3.8) is 0 Å². The van der Waals surface area contributed by atoms with E-state index in [1.54, 1.807) is 0 Å². The number of rotatable bonds is 3. The van der Waals surface area contributed by atoms with Crippen molar-refractivity contribution < 1.29 is 4.57 Å². The summed E-state index contributed by atoms with van der Waals surface area (Å²) >= 11 is 0. The summed E-state index contributed by atoms with van der Waals surface area (Å²) in [6.07, 6.45) is 3.46. The standard InChI is InChI=1S/C25H38N/c1-17(2)22-14-23(26(10)16-19(22)15-24(4,5)6)21-12-11-20(13-18(21)3)25(7,8)9/h11-14,16-17H,15H2,1-10H3/q+1. The van der Waals surface area contributed by atoms with Crippen molar-refractivity contribution in [3.8, 4) is 11.3 Å². The van der Waals surface area contributed by atoms with Gasteiger partial charge in [-0.2, -0.15) is 0 Å². The fraction of sp³-hybridized carbons (Fsp3) is 0.560. The largest absolute Gasteiger partial charge is 0.212 e. The van der Waals surface area contributed by atoms with Gasteiger partial charge in [-0.25, -0.2) is 4.57 Å². The minimum Gasteiger partial charge on any atom is -0.201 e. The van der Waals surface area contributed by atoms with Crippen LogP contribution < -0.4 is 4.57 Å². The number of aromatic nitrogens is 1. The van der Waals surface area contributed by atoms with E-state index in [1.807, 2.05) is 0 Å². The molecule has 1 aromatic carbocycles. The third-order valence-electron chi connectivity index (χ3n) is 5.10. The monoisotopic (exact) mass is 352 g/mol. The van der Waals surface area contributed by atoms with Crippen LogP contribution in [-0.4, -0.2) is 0 Å². The molecule has 0 saturated carbocycles. The Kier molecular flexibility index (Phi) is 5.71. The van der Waals surface area contributed by atoms with Crippen molar-refractivity contribution in [1.29, 1.82) is 0 Å². The number of hydrogen-bond donors (Lipinski definition) is 0. The van der Waals surface area contributed by atoms with Crippen LogP contribution in [0.2, 0.25) is 0 Å². The minimum absolute atomic E-state index is 0.186. The highest BCUT2D eigenvalue weighted by atomic mass is 14.9. The van der Waals surface area contributed by atoms with E-state index in [2.05, 4.69) is 104 Å². The number of hydrogen-bond acceptors (Lipinski definition) is 0. The fourth-order valence-electron chi connectivity index (χ4n) is 3.66. The molecule has 1 aromatic heterocycles. The van der Waals surface area contributed by atoms with Gasteiger partial charge in [0.15, 0.2) is 6.20 Å². The third kappa shape index (κ3) is 4.75. The first-order valence-electron chi connectivity index (χ1n) is 9.93. The molecule has 0 aliphatic heterocycles. The van der Waals surface area contributed by atoms with E-state index in [1.165, 1.54) is 33.5 Å². The SMILES string of the molecule is Cc1cc(C(C)(C)C)ccc1-c1cc(C(C)C)c(CC(C)(C)C)c[n+]1C. The summed E-state index contributed by atoms with van der Waals surface area (Å²) in [5.74, 6) is 0.529. The van der Waals surface area contributed by atoms with Crippen LogP contribution in [0.5, 0.6) is 0 Å². The lowest BCUT2D eigenvalue weighted by Crippen LogP contribution is -2.33. The highest BCUT2D eigenvalue weighted by Gasteiger charge is 2.23. The van der Waals surface area contributed by atoms with Crippen LogP contribution in [0.4, 0.5) is 0 Å². The van der Waals surface area contributed by atoms with Crippen molar-refractivity contribution in [1.82, 2.24) is 0 Å². The summed E-state index contributed by atoms with van der Waals surface area (Å²) in [6, 6.07) is 9.37. The summed E-state index contributed by atoms with van der Waals surface area (Å²) < 4.78 is 2.31. The maximum absolute atomic E-state index is 2.42. The Morgan fingerprint density at radius 2 is 1.58 bits per heavy atom. The molecular weight excluding hydrogens is 314 g/mol. The molecule has 0 unspecified atom stereocenters. The quantitative estimate of drug-likeness (QED) is 0.555. The van der Waals surface area contributed by atoms with E-state index >= 15 is 0 Å². The van der Waals surface area contributed by atoms with Gasteiger partial charge < -0.3 is 0 Å². The zero-order valence-electron chi connectivity index (χ0n) is 18.6. The molecule has 2 aromatic rings. The average molecular weight is 353 g/mol. The molecule has 1 heteroatoms. The lowest BCUT2D eigenvalue weighted by Gasteiger charge is -2.22. The molecule has 0 radical (unpaired) electrons. The Labute approximate surface area is 161 Å². The van der Waals surface area contributed by atoms with E-state index in [-0.39, 0.29) is 5.41 Å². The Bertz CT molecular complexity index is 783. The first kappa shape index (κ1) is 20.7. The highest BCUT2D eigenvalue weighted by Crippen LogP contribution is 2.32. The van der Waals surface area contributed by atoms with Gasteiger partial charge in [-0.1, -0.05) is 67.5 Å². The number of nitrogens with zero attached hydrogens (tertiary/aromatic N) is 1. The van der Waals surface area contributed by atoms with Gasteiger partial charge in [0.05, 0.1) is 0 Å². The van der Waals surface area contributed by atoms with Crippen LogP contribution in [0, 0.1) is 12.3 Å². The van der Waals surface area contributed by atoms with Gasteiger partial charge >= 0.3 is 0 Å². The van der Waals surface area contributed by atoms with E-state index in [4.69, 9.17) is 0 Å². The van der Waals surface area contributed by atoms with E-state index in [0.717, 1.165) is 6.42 Å². The molecule has 0 aliphatic carbocycles. The van der Waals surface area contributed by atoms with Gasteiger partial charge in [0, 0.05) is 17.2 Å². The van der Waals surface area contributed by atoms with Crippen LogP contribution in [-0.2, 0) is 18.9 Å². The second-order valence-corrected chi connectivity index (χ2v) is 10.4. The molecule has 0 aliphatic rings. The summed E-state index contributed by atoms with van der Waals surface area (Å²) in [6.45, 7) is 20.6. The van der Waals surface area contributed by atoms with Gasteiger partial charge in [0.2, 0.25) is 5.69 Å². The van der Waals surface area contributed by atoms with Crippen molar-refractivity contribution >= 4 is 0 Å². The van der Waals surface area contributed by atoms with Gasteiger partial charge in [0.25, 0.3) is 0 Å². The molecule has 142 valence electrons. The van der Waals surface area contributed by atoms with Gasteiger partial charge in [-0.05, 0) is 52.8 Å². The molecule has 2 rings (SSSR count). The maximum Gasteiger partial charge on any atom is 0.212 e. The van der Waals surface area contributed by atoms with Crippen LogP contribution >= 0.6 is 0 Å². The molecule has 0 saturated heterocycles. The van der Waals surface area contributed by atoms with Gasteiger partial charge in [0.1, 0.15) is 7.05 Å². The molecule has 0 fully saturated rings. The molecule has 0 bridgehead atoms. The van der Waals surface area contributed by atoms with Crippen LogP contribution in [0.3, 0.4) is 0 Å². The molecule has 0 atom stereocenters. The molecule has 1 heterocycles. The van der Waals surface area contributed by atoms with Crippen LogP contribution in [0.15, 0.2) is 30.5 Å². The van der Waals surface area contributed by atoms with E-state index in [0.29, 0.717) is 11.3 Å². The number of benzene rings is 1. The van der Waals surface area contributed by atoms with Crippen LogP contribution in [0.25, 0.3) is 11.3 Å². The Morgan fingerprint density at radius 1 is 0.962 bits per heavy atom. The van der Waals surface area contributed by atoms with Crippen LogP contribution in [0.1, 0.15) is 83.6 Å². The highest BCUT2D eigenvalue weighted by molar-refractivity contribution is 5.63. The minimum atomic E-state index is 0.186. The van der Waals surface area contributed by atoms with Crippen molar-refractivity contribution in [2.45, 2.75) is 80.1 Å². The summed E-state index contributed by atoms with van der Waals surface area (Å²) in [5, 5.41) is 0. The molecule has 0 amide bonds. The summed E-state index contributed by atoms with van der Waals surface area (Å²) in [7, 11) is 2.18. The topological polar surface area (TPSA) is 3.88 Å². The Balaban J connectivity index is 2.59. The van der Waals surface area contributed by atoms with E-state index in [9.17, 15) is 0 Å². The normalized spacial score (nSPS) is 12.7. The lowest BCUT2D eigenvalue weighted by atomic mass is 9.83. The average Bonchev–Trinajstić information content (AvgIpc) is 2.45. The first-order chi connectivity index (χ1) is 11.8. The van der Waals surface area contributed by atoms with Crippen molar-refractivity contribution in [2.75, 3.05) is 0 Å². The summed E-state index contributed by atoms with van der Waals surface area (Å²) in [4.78, 5) is 0. The Hall–Kier alpha value is -1.63. The maximum atomic E-state index is 2.42. The molecule has 26 heavy (non-hydrogen) atoms. The first-order valence-corrected chi connectivity index (χ1v) is 9.93. The van der Waals surface area contributed by atoms with Gasteiger partial charge in [-0.15, -0.1) is 0 Å². The lowest BCUT2D eigenvalue weighted by molar-refractivity contribution is -0.661. The number of pyridine rings is 1. The smallest absolute Gasteiger partial charge is 0.201 e. The summed E-state index contributed by atoms with van der Waals surface area (Å²) in [5.41, 5.74) is 8.83. The zero-order valence-corrected chi connectivity index (χ0v) is 18.6. The third-order valence-corrected chi connectivity index (χ3v) is 5.10. The fourth-order valence-corrected chi connectivity index (χ4v) is 3.66. The predicted octanol–water partition coefficient (Wildman–Crippen LogP) is 6.50. The zero-order chi connectivity index (χ0) is 19.9. The number of aryl methyl sites for hydroxylation is 2. The Morgan fingerprint density at radius 3 is 2.04 bits per heavy atom. The molecule has 0 spiro atoms. The van der Waals surface area contributed by atoms with E-state index < -0.39 is 0 Å². The molecule has 1 nitrogen and oxygen atoms in total. The second kappa shape index (κ2) is 7.18. The molecular formula is C25H38N+. The van der Waals surface area contributed by atoms with Gasteiger partial charge in [-0.3, -0.25) is 0 Å². The van der Waals surface area contributed by atoms with Crippen molar-refractivity contribution in [2.24, 2.45) is 12.5 Å². The van der Waals surface area contributed by atoms with Crippen molar-refractivity contribution in [3.05, 3.63) is 52.7 Å².